The summed E-state index contributed by atoms with van der Waals surface area (Å²) in [6.07, 6.45) is 4.60. The van der Waals surface area contributed by atoms with E-state index in [-0.39, 0.29) is 22.9 Å². The van der Waals surface area contributed by atoms with Gasteiger partial charge >= 0.3 is 0 Å². The van der Waals surface area contributed by atoms with Gasteiger partial charge in [-0.2, -0.15) is 0 Å². The highest BCUT2D eigenvalue weighted by molar-refractivity contribution is 5.51. The van der Waals surface area contributed by atoms with Crippen LogP contribution < -0.4 is 0 Å². The number of rotatable bonds is 3. The van der Waals surface area contributed by atoms with E-state index in [1.807, 2.05) is 0 Å². The Labute approximate surface area is 165 Å². The Hall–Kier alpha value is -1.59. The highest BCUT2D eigenvalue weighted by Crippen LogP contribution is 2.63. The largest absolute Gasteiger partial charge is 0.348 e. The van der Waals surface area contributed by atoms with Crippen molar-refractivity contribution in [3.8, 4) is 0 Å². The van der Waals surface area contributed by atoms with Crippen LogP contribution in [0.1, 0.15) is 57.8 Å². The Morgan fingerprint density at radius 2 is 2.00 bits per heavy atom. The topological polar surface area (TPSA) is 35.5 Å². The van der Waals surface area contributed by atoms with Gasteiger partial charge in [-0.25, -0.2) is 8.78 Å². The van der Waals surface area contributed by atoms with Crippen molar-refractivity contribution in [2.75, 3.05) is 6.61 Å². The lowest BCUT2D eigenvalue weighted by Gasteiger charge is -2.62. The average molecular weight is 390 g/mol. The number of allylic oxidation sites excluding steroid dienone is 1. The first-order valence-corrected chi connectivity index (χ1v) is 10.1. The summed E-state index contributed by atoms with van der Waals surface area (Å²) < 4.78 is 39.2. The lowest BCUT2D eigenvalue weighted by atomic mass is 9.46. The van der Waals surface area contributed by atoms with E-state index in [1.165, 1.54) is 11.6 Å². The van der Waals surface area contributed by atoms with Crippen molar-refractivity contribution in [3.63, 3.8) is 0 Å². The first kappa shape index (κ1) is 19.7. The molecule has 28 heavy (non-hydrogen) atoms. The summed E-state index contributed by atoms with van der Waals surface area (Å²) in [5.41, 5.74) is 1.52. The summed E-state index contributed by atoms with van der Waals surface area (Å²) in [7, 11) is 0. The van der Waals surface area contributed by atoms with E-state index in [4.69, 9.17) is 9.47 Å². The number of hydrogen-bond donors (Lipinski definition) is 0. The highest BCUT2D eigenvalue weighted by Gasteiger charge is 2.60. The van der Waals surface area contributed by atoms with Crippen molar-refractivity contribution in [2.45, 2.75) is 58.3 Å². The van der Waals surface area contributed by atoms with Crippen LogP contribution in [0.3, 0.4) is 0 Å². The molecular weight excluding hydrogens is 362 g/mol. The summed E-state index contributed by atoms with van der Waals surface area (Å²) in [5, 5.41) is 0. The van der Waals surface area contributed by atoms with Crippen LogP contribution in [-0.4, -0.2) is 19.0 Å². The zero-order valence-electron chi connectivity index (χ0n) is 16.5. The molecule has 0 radical (unpaired) electrons. The van der Waals surface area contributed by atoms with Crippen LogP contribution in [0.15, 0.2) is 30.4 Å². The van der Waals surface area contributed by atoms with Crippen molar-refractivity contribution in [1.82, 2.24) is 0 Å². The van der Waals surface area contributed by atoms with Gasteiger partial charge in [0, 0.05) is 17.4 Å². The quantitative estimate of drug-likeness (QED) is 0.515. The number of ether oxygens (including phenoxy) is 2. The molecular formula is C23H28F2O3. The Morgan fingerprint density at radius 1 is 1.21 bits per heavy atom. The Balaban J connectivity index is 1.59. The van der Waals surface area contributed by atoms with Gasteiger partial charge in [0.2, 0.25) is 0 Å². The maximum Gasteiger partial charge on any atom is 0.184 e. The molecule has 3 fully saturated rings. The van der Waals surface area contributed by atoms with Gasteiger partial charge in [-0.3, -0.25) is 0 Å². The normalized spacial score (nSPS) is 40.5. The van der Waals surface area contributed by atoms with Crippen molar-refractivity contribution in [1.29, 1.82) is 0 Å². The van der Waals surface area contributed by atoms with Gasteiger partial charge in [-0.1, -0.05) is 32.1 Å². The van der Waals surface area contributed by atoms with Gasteiger partial charge in [0.05, 0.1) is 12.7 Å². The van der Waals surface area contributed by atoms with Crippen molar-refractivity contribution in [2.24, 2.45) is 22.7 Å². The molecule has 2 aliphatic carbocycles. The summed E-state index contributed by atoms with van der Waals surface area (Å²) in [4.78, 5) is 11.3. The van der Waals surface area contributed by atoms with Crippen molar-refractivity contribution >= 4 is 6.29 Å². The molecule has 1 aromatic rings. The fraction of sp³-hybridized carbons (Fsp3) is 0.609. The molecule has 3 aliphatic rings. The lowest BCUT2D eigenvalue weighted by molar-refractivity contribution is -0.307. The van der Waals surface area contributed by atoms with Gasteiger partial charge in [0.25, 0.3) is 0 Å². The highest BCUT2D eigenvalue weighted by atomic mass is 19.2. The first-order chi connectivity index (χ1) is 13.3. The van der Waals surface area contributed by atoms with Crippen LogP contribution in [0, 0.1) is 34.3 Å². The fourth-order valence-corrected chi connectivity index (χ4v) is 6.20. The molecule has 1 aliphatic heterocycles. The Morgan fingerprint density at radius 3 is 2.71 bits per heavy atom. The van der Waals surface area contributed by atoms with Gasteiger partial charge in [-0.05, 0) is 55.1 Å². The van der Waals surface area contributed by atoms with Crippen LogP contribution in [0.5, 0.6) is 0 Å². The number of fused-ring (bicyclic) bond motifs is 3. The number of aldehydes is 1. The number of carbonyl (C=O) groups excluding carboxylic acids is 1. The second kappa shape index (κ2) is 7.03. The summed E-state index contributed by atoms with van der Waals surface area (Å²) >= 11 is 0. The summed E-state index contributed by atoms with van der Waals surface area (Å²) in [6.45, 7) is 9.26. The zero-order chi connectivity index (χ0) is 20.1. The second-order valence-corrected chi connectivity index (χ2v) is 9.20. The van der Waals surface area contributed by atoms with Crippen molar-refractivity contribution in [3.05, 3.63) is 47.5 Å². The van der Waals surface area contributed by atoms with Crippen LogP contribution in [0.2, 0.25) is 0 Å². The molecule has 1 aromatic carbocycles. The minimum Gasteiger partial charge on any atom is -0.348 e. The fourth-order valence-electron chi connectivity index (χ4n) is 6.20. The average Bonchev–Trinajstić information content (AvgIpc) is 2.66. The standard InChI is InChI=1S/C23H28F2O3/c1-14-4-7-19-22(2,16(14)9-11-26)10-8-20-23(19,3)13-27-21(28-20)15-5-6-17(24)18(25)12-15/h5-6,11-12,16,19-21H,1,4,7-10,13H2,2-3H3/t16-,19?,20-,21-,22+,23+/m1/s1. The maximum atomic E-state index is 13.6. The summed E-state index contributed by atoms with van der Waals surface area (Å²) in [6, 6.07) is 3.78. The van der Waals surface area contributed by atoms with Crippen LogP contribution in [0.4, 0.5) is 8.78 Å². The molecule has 6 atom stereocenters. The lowest BCUT2D eigenvalue weighted by Crippen LogP contribution is -2.60. The molecule has 0 amide bonds. The predicted octanol–water partition coefficient (Wildman–Crippen LogP) is 5.36. The number of halogens is 2. The van der Waals surface area contributed by atoms with Gasteiger partial charge in [-0.15, -0.1) is 0 Å². The molecule has 4 rings (SSSR count). The molecule has 1 unspecified atom stereocenters. The van der Waals surface area contributed by atoms with Crippen molar-refractivity contribution < 1.29 is 23.0 Å². The molecule has 3 nitrogen and oxygen atoms in total. The molecule has 1 saturated heterocycles. The number of carbonyl (C=O) groups is 1. The molecule has 152 valence electrons. The second-order valence-electron chi connectivity index (χ2n) is 9.20. The molecule has 5 heteroatoms. The molecule has 1 heterocycles. The van der Waals surface area contributed by atoms with E-state index in [0.717, 1.165) is 44.1 Å². The Kier molecular flexibility index (Phi) is 4.95. The predicted molar refractivity (Wildman–Crippen MR) is 101 cm³/mol. The number of benzene rings is 1. The maximum absolute atomic E-state index is 13.6. The SMILES string of the molecule is C=C1CCC2[C@]3(C)CO[C@@H](c4ccc(F)c(F)c4)O[C@@H]3CC[C@@]2(C)[C@@H]1CC=O. The Bertz CT molecular complexity index is 794. The van der Waals surface area contributed by atoms with Gasteiger partial charge < -0.3 is 14.3 Å². The third-order valence-electron chi connectivity index (χ3n) is 7.70. The minimum atomic E-state index is -0.892. The molecule has 0 bridgehead atoms. The van der Waals surface area contributed by atoms with Gasteiger partial charge in [0.15, 0.2) is 17.9 Å². The van der Waals surface area contributed by atoms with Crippen LogP contribution in [0.25, 0.3) is 0 Å². The smallest absolute Gasteiger partial charge is 0.184 e. The summed E-state index contributed by atoms with van der Waals surface area (Å²) in [5.74, 6) is -1.20. The van der Waals surface area contributed by atoms with E-state index >= 15 is 0 Å². The first-order valence-electron chi connectivity index (χ1n) is 10.1. The van der Waals surface area contributed by atoms with E-state index in [2.05, 4.69) is 20.4 Å². The van der Waals surface area contributed by atoms with E-state index in [0.29, 0.717) is 24.5 Å². The molecule has 0 aromatic heterocycles. The third-order valence-corrected chi connectivity index (χ3v) is 7.70. The van der Waals surface area contributed by atoms with E-state index in [1.54, 1.807) is 0 Å². The van der Waals surface area contributed by atoms with Crippen LogP contribution >= 0.6 is 0 Å². The zero-order valence-corrected chi connectivity index (χ0v) is 16.5. The molecule has 2 saturated carbocycles. The third kappa shape index (κ3) is 2.94. The van der Waals surface area contributed by atoms with E-state index in [9.17, 15) is 13.6 Å². The minimum absolute atomic E-state index is 0.00301. The molecule has 0 N–H and O–H groups in total. The number of hydrogen-bond acceptors (Lipinski definition) is 3. The molecule has 0 spiro atoms. The van der Waals surface area contributed by atoms with Gasteiger partial charge in [0.1, 0.15) is 6.29 Å². The monoisotopic (exact) mass is 390 g/mol. The van der Waals surface area contributed by atoms with E-state index < -0.39 is 17.9 Å². The van der Waals surface area contributed by atoms with Crippen LogP contribution in [-0.2, 0) is 14.3 Å².